The van der Waals surface area contributed by atoms with Crippen molar-refractivity contribution in [2.75, 3.05) is 7.11 Å². The summed E-state index contributed by atoms with van der Waals surface area (Å²) in [6.07, 6.45) is -4.17. The van der Waals surface area contributed by atoms with Gasteiger partial charge in [0.25, 0.3) is 5.63 Å². The van der Waals surface area contributed by atoms with Crippen LogP contribution in [0.5, 0.6) is 5.75 Å². The van der Waals surface area contributed by atoms with Crippen LogP contribution in [-0.2, 0) is 4.74 Å². The van der Waals surface area contributed by atoms with Crippen LogP contribution in [0.2, 0.25) is 0 Å². The largest absolute Gasteiger partial charge is 0.465 e. The number of rotatable bonds is 4. The van der Waals surface area contributed by atoms with Crippen molar-refractivity contribution in [1.29, 1.82) is 0 Å². The lowest BCUT2D eigenvalue weighted by atomic mass is 10.2. The Bertz CT molecular complexity index is 410. The Morgan fingerprint density at radius 3 is 2.65 bits per heavy atom. The van der Waals surface area contributed by atoms with Crippen molar-refractivity contribution in [1.82, 2.24) is 0 Å². The zero-order valence-electron chi connectivity index (χ0n) is 8.62. The highest BCUT2D eigenvalue weighted by Gasteiger charge is 2.42. The highest BCUT2D eigenvalue weighted by atomic mass is 35.5. The first-order valence-corrected chi connectivity index (χ1v) is 4.84. The molecular formula is C10H8ClF3O3. The van der Waals surface area contributed by atoms with E-state index in [2.05, 4.69) is 21.1 Å². The Hall–Kier alpha value is -1.43. The fourth-order valence-corrected chi connectivity index (χ4v) is 1.05. The van der Waals surface area contributed by atoms with Crippen LogP contribution >= 0.6 is 11.6 Å². The highest BCUT2D eigenvalue weighted by Crippen LogP contribution is 2.29. The number of methoxy groups -OCH3 is 1. The summed E-state index contributed by atoms with van der Waals surface area (Å²) < 4.78 is 46.3. The average Bonchev–Trinajstić information content (AvgIpc) is 2.27. The Morgan fingerprint density at radius 1 is 1.47 bits per heavy atom. The van der Waals surface area contributed by atoms with Crippen LogP contribution < -0.4 is 4.74 Å². The fraction of sp³-hybridized carbons (Fsp3) is 0.300. The van der Waals surface area contributed by atoms with Gasteiger partial charge in [-0.05, 0) is 18.2 Å². The van der Waals surface area contributed by atoms with E-state index in [4.69, 9.17) is 0 Å². The SMILES string of the molecule is COC(=O)c1cccc(OC(F)(F)C(F)Cl)c1. The molecule has 0 spiro atoms. The Labute approximate surface area is 100 Å². The van der Waals surface area contributed by atoms with Gasteiger partial charge in [-0.1, -0.05) is 17.7 Å². The molecule has 0 fully saturated rings. The van der Waals surface area contributed by atoms with Gasteiger partial charge in [0.05, 0.1) is 12.7 Å². The van der Waals surface area contributed by atoms with Crippen molar-refractivity contribution in [3.05, 3.63) is 29.8 Å². The molecule has 0 heterocycles. The molecule has 0 amide bonds. The highest BCUT2D eigenvalue weighted by molar-refractivity contribution is 6.20. The normalized spacial score (nSPS) is 13.0. The van der Waals surface area contributed by atoms with Gasteiger partial charge in [0.15, 0.2) is 0 Å². The molecule has 0 radical (unpaired) electrons. The summed E-state index contributed by atoms with van der Waals surface area (Å²) in [5, 5.41) is 0. The molecule has 1 aromatic carbocycles. The smallest absolute Gasteiger partial charge is 0.444 e. The predicted molar refractivity (Wildman–Crippen MR) is 54.1 cm³/mol. The minimum absolute atomic E-state index is 0.00535. The minimum Gasteiger partial charge on any atom is -0.465 e. The van der Waals surface area contributed by atoms with Crippen LogP contribution in [0.4, 0.5) is 13.2 Å². The van der Waals surface area contributed by atoms with Gasteiger partial charge < -0.3 is 9.47 Å². The third-order valence-electron chi connectivity index (χ3n) is 1.76. The van der Waals surface area contributed by atoms with Gasteiger partial charge in [-0.3, -0.25) is 0 Å². The third-order valence-corrected chi connectivity index (χ3v) is 2.02. The Balaban J connectivity index is 2.90. The summed E-state index contributed by atoms with van der Waals surface area (Å²) in [7, 11) is 1.14. The molecule has 0 aliphatic heterocycles. The first-order valence-electron chi connectivity index (χ1n) is 4.40. The number of hydrogen-bond donors (Lipinski definition) is 0. The van der Waals surface area contributed by atoms with E-state index in [-0.39, 0.29) is 11.3 Å². The van der Waals surface area contributed by atoms with E-state index in [0.29, 0.717) is 0 Å². The van der Waals surface area contributed by atoms with Crippen LogP contribution in [0.25, 0.3) is 0 Å². The van der Waals surface area contributed by atoms with E-state index in [9.17, 15) is 18.0 Å². The molecule has 0 bridgehead atoms. The lowest BCUT2D eigenvalue weighted by Crippen LogP contribution is -2.32. The second-order valence-corrected chi connectivity index (χ2v) is 3.37. The van der Waals surface area contributed by atoms with Gasteiger partial charge in [-0.15, -0.1) is 0 Å². The van der Waals surface area contributed by atoms with Gasteiger partial charge in [-0.25, -0.2) is 9.18 Å². The van der Waals surface area contributed by atoms with Crippen LogP contribution in [0.3, 0.4) is 0 Å². The van der Waals surface area contributed by atoms with E-state index in [1.807, 2.05) is 0 Å². The Morgan fingerprint density at radius 2 is 2.12 bits per heavy atom. The van der Waals surface area contributed by atoms with Gasteiger partial charge in [0, 0.05) is 0 Å². The number of esters is 1. The Kier molecular flexibility index (Phi) is 4.22. The summed E-state index contributed by atoms with van der Waals surface area (Å²) in [5.41, 5.74) is -2.98. The number of halogens is 4. The zero-order chi connectivity index (χ0) is 13.1. The van der Waals surface area contributed by atoms with Crippen molar-refractivity contribution < 1.29 is 27.4 Å². The van der Waals surface area contributed by atoms with Crippen LogP contribution in [0.1, 0.15) is 10.4 Å². The van der Waals surface area contributed by atoms with E-state index >= 15 is 0 Å². The van der Waals surface area contributed by atoms with E-state index in [1.165, 1.54) is 12.1 Å². The number of alkyl halides is 4. The predicted octanol–water partition coefficient (Wildman–Crippen LogP) is 2.98. The number of carbonyl (C=O) groups is 1. The van der Waals surface area contributed by atoms with Gasteiger partial charge >= 0.3 is 12.1 Å². The van der Waals surface area contributed by atoms with Crippen LogP contribution in [0.15, 0.2) is 24.3 Å². The monoisotopic (exact) mass is 268 g/mol. The number of ether oxygens (including phenoxy) is 2. The molecule has 1 unspecified atom stereocenters. The maximum absolute atomic E-state index is 12.8. The van der Waals surface area contributed by atoms with Crippen LogP contribution in [0, 0.1) is 0 Å². The molecule has 0 N–H and O–H groups in total. The quantitative estimate of drug-likeness (QED) is 0.622. The average molecular weight is 269 g/mol. The molecule has 0 saturated heterocycles. The summed E-state index contributed by atoms with van der Waals surface area (Å²) in [6, 6.07) is 4.77. The maximum atomic E-state index is 12.8. The molecule has 0 aromatic heterocycles. The molecule has 17 heavy (non-hydrogen) atoms. The van der Waals surface area contributed by atoms with E-state index in [0.717, 1.165) is 19.2 Å². The second-order valence-electron chi connectivity index (χ2n) is 2.98. The van der Waals surface area contributed by atoms with Crippen molar-refractivity contribution in [3.8, 4) is 5.75 Å². The molecule has 1 atom stereocenters. The summed E-state index contributed by atoms with van der Waals surface area (Å²) in [4.78, 5) is 11.1. The molecule has 0 saturated carbocycles. The first kappa shape index (κ1) is 13.6. The van der Waals surface area contributed by atoms with Gasteiger partial charge in [0.1, 0.15) is 5.75 Å². The summed E-state index contributed by atoms with van der Waals surface area (Å²) >= 11 is 4.62. The molecule has 3 nitrogen and oxygen atoms in total. The topological polar surface area (TPSA) is 35.5 Å². The standard InChI is InChI=1S/C10H8ClF3O3/c1-16-8(15)6-3-2-4-7(5-6)17-10(13,14)9(11)12/h2-5,9H,1H3. The third kappa shape index (κ3) is 3.52. The molecule has 0 aliphatic rings. The number of benzene rings is 1. The second kappa shape index (κ2) is 5.27. The van der Waals surface area contributed by atoms with Crippen molar-refractivity contribution in [3.63, 3.8) is 0 Å². The van der Waals surface area contributed by atoms with Crippen molar-refractivity contribution in [2.45, 2.75) is 11.7 Å². The first-order chi connectivity index (χ1) is 7.86. The molecule has 1 rings (SSSR count). The van der Waals surface area contributed by atoms with Crippen LogP contribution in [-0.4, -0.2) is 24.8 Å². The van der Waals surface area contributed by atoms with Gasteiger partial charge in [0.2, 0.25) is 0 Å². The summed E-state index contributed by atoms with van der Waals surface area (Å²) in [5.74, 6) is -1.11. The van der Waals surface area contributed by atoms with E-state index < -0.39 is 17.7 Å². The fourth-order valence-electron chi connectivity index (χ4n) is 1.01. The minimum atomic E-state index is -4.17. The van der Waals surface area contributed by atoms with Crippen molar-refractivity contribution in [2.24, 2.45) is 0 Å². The molecule has 1 aromatic rings. The number of carbonyl (C=O) groups excluding carboxylic acids is 1. The van der Waals surface area contributed by atoms with Gasteiger partial charge in [-0.2, -0.15) is 8.78 Å². The molecular weight excluding hydrogens is 261 g/mol. The molecule has 94 valence electrons. The lowest BCUT2D eigenvalue weighted by molar-refractivity contribution is -0.199. The number of hydrogen-bond acceptors (Lipinski definition) is 3. The maximum Gasteiger partial charge on any atom is 0.444 e. The molecule has 7 heteroatoms. The summed E-state index contributed by atoms with van der Waals surface area (Å²) in [6.45, 7) is 0. The lowest BCUT2D eigenvalue weighted by Gasteiger charge is -2.17. The molecule has 0 aliphatic carbocycles. The zero-order valence-corrected chi connectivity index (χ0v) is 9.38. The van der Waals surface area contributed by atoms with Crippen molar-refractivity contribution >= 4 is 17.6 Å². The van der Waals surface area contributed by atoms with E-state index in [1.54, 1.807) is 0 Å².